The van der Waals surface area contributed by atoms with Crippen LogP contribution >= 0.6 is 0 Å². The summed E-state index contributed by atoms with van der Waals surface area (Å²) >= 11 is 0. The summed E-state index contributed by atoms with van der Waals surface area (Å²) in [5.74, 6) is 2.75. The quantitative estimate of drug-likeness (QED) is 0.839. The zero-order chi connectivity index (χ0) is 17.9. The predicted octanol–water partition coefficient (Wildman–Crippen LogP) is 3.53. The van der Waals surface area contributed by atoms with Crippen LogP contribution in [0.2, 0.25) is 0 Å². The van der Waals surface area contributed by atoms with Crippen molar-refractivity contribution < 1.29 is 9.13 Å². The third kappa shape index (κ3) is 3.61. The van der Waals surface area contributed by atoms with Crippen LogP contribution < -0.4 is 4.74 Å². The number of hydrogen-bond donors (Lipinski definition) is 0. The summed E-state index contributed by atoms with van der Waals surface area (Å²) < 4.78 is 21.3. The molecule has 26 heavy (non-hydrogen) atoms. The first kappa shape index (κ1) is 17.5. The standard InChI is InChI=1S/C20H27FN4O/c1-26-18-9-8-15(12-17(18)21)13-24-10-5-6-16(14-24)20-23-22-19-7-3-2-4-11-25(19)20/h8-9,12,16H,2-7,10-11,13-14H2,1H3. The van der Waals surface area contributed by atoms with Gasteiger partial charge in [0.2, 0.25) is 0 Å². The number of nitrogens with zero attached hydrogens (tertiary/aromatic N) is 4. The van der Waals surface area contributed by atoms with E-state index in [0.29, 0.717) is 11.7 Å². The van der Waals surface area contributed by atoms with Gasteiger partial charge in [-0.3, -0.25) is 4.90 Å². The fourth-order valence-electron chi connectivity index (χ4n) is 4.29. The van der Waals surface area contributed by atoms with E-state index in [1.165, 1.54) is 26.4 Å². The van der Waals surface area contributed by atoms with E-state index in [2.05, 4.69) is 19.7 Å². The summed E-state index contributed by atoms with van der Waals surface area (Å²) in [6.45, 7) is 3.83. The van der Waals surface area contributed by atoms with Gasteiger partial charge in [-0.1, -0.05) is 12.5 Å². The van der Waals surface area contributed by atoms with E-state index in [9.17, 15) is 4.39 Å². The Kier molecular flexibility index (Phi) is 5.20. The Labute approximate surface area is 154 Å². The highest BCUT2D eigenvalue weighted by Gasteiger charge is 2.27. The Balaban J connectivity index is 1.46. The fraction of sp³-hybridized carbons (Fsp3) is 0.600. The van der Waals surface area contributed by atoms with Gasteiger partial charge in [-0.2, -0.15) is 0 Å². The van der Waals surface area contributed by atoms with Crippen molar-refractivity contribution >= 4 is 0 Å². The van der Waals surface area contributed by atoms with Crippen LogP contribution in [0.3, 0.4) is 0 Å². The second-order valence-electron chi connectivity index (χ2n) is 7.48. The molecule has 6 heteroatoms. The number of methoxy groups -OCH3 is 1. The molecule has 0 saturated carbocycles. The monoisotopic (exact) mass is 358 g/mol. The summed E-state index contributed by atoms with van der Waals surface area (Å²) in [7, 11) is 1.49. The summed E-state index contributed by atoms with van der Waals surface area (Å²) in [5.41, 5.74) is 0.990. The van der Waals surface area contributed by atoms with Gasteiger partial charge in [-0.25, -0.2) is 4.39 Å². The number of ether oxygens (including phenoxy) is 1. The third-order valence-corrected chi connectivity index (χ3v) is 5.63. The number of benzene rings is 1. The van der Waals surface area contributed by atoms with E-state index in [1.807, 2.05) is 6.07 Å². The first-order valence-electron chi connectivity index (χ1n) is 9.71. The fourth-order valence-corrected chi connectivity index (χ4v) is 4.29. The lowest BCUT2D eigenvalue weighted by atomic mass is 9.96. The van der Waals surface area contributed by atoms with Gasteiger partial charge in [-0.15, -0.1) is 10.2 Å². The van der Waals surface area contributed by atoms with Crippen molar-refractivity contribution in [3.05, 3.63) is 41.2 Å². The molecular formula is C20H27FN4O. The van der Waals surface area contributed by atoms with Crippen molar-refractivity contribution in [2.45, 2.75) is 57.5 Å². The van der Waals surface area contributed by atoms with E-state index in [0.717, 1.165) is 62.7 Å². The third-order valence-electron chi connectivity index (χ3n) is 5.63. The van der Waals surface area contributed by atoms with E-state index in [4.69, 9.17) is 4.74 Å². The molecule has 0 N–H and O–H groups in total. The topological polar surface area (TPSA) is 43.2 Å². The van der Waals surface area contributed by atoms with Crippen molar-refractivity contribution in [3.63, 3.8) is 0 Å². The molecule has 1 unspecified atom stereocenters. The highest BCUT2D eigenvalue weighted by Crippen LogP contribution is 2.29. The van der Waals surface area contributed by atoms with Crippen molar-refractivity contribution in [2.75, 3.05) is 20.2 Å². The molecule has 2 aliphatic heterocycles. The number of aromatic nitrogens is 3. The van der Waals surface area contributed by atoms with Gasteiger partial charge in [0.25, 0.3) is 0 Å². The number of halogens is 1. The molecule has 3 heterocycles. The highest BCUT2D eigenvalue weighted by molar-refractivity contribution is 5.29. The average molecular weight is 358 g/mol. The van der Waals surface area contributed by atoms with Gasteiger partial charge in [0.05, 0.1) is 7.11 Å². The van der Waals surface area contributed by atoms with Crippen LogP contribution in [0.1, 0.15) is 55.2 Å². The summed E-state index contributed by atoms with van der Waals surface area (Å²) in [4.78, 5) is 2.41. The van der Waals surface area contributed by atoms with Crippen molar-refractivity contribution in [2.24, 2.45) is 0 Å². The normalized spacial score (nSPS) is 21.2. The number of likely N-dealkylation sites (tertiary alicyclic amines) is 1. The van der Waals surface area contributed by atoms with Crippen molar-refractivity contribution in [3.8, 4) is 5.75 Å². The van der Waals surface area contributed by atoms with Gasteiger partial charge in [0.15, 0.2) is 11.6 Å². The molecule has 0 spiro atoms. The first-order valence-corrected chi connectivity index (χ1v) is 9.71. The van der Waals surface area contributed by atoms with E-state index in [1.54, 1.807) is 12.1 Å². The van der Waals surface area contributed by atoms with Gasteiger partial charge in [0, 0.05) is 32.0 Å². The molecule has 2 aliphatic rings. The SMILES string of the molecule is COc1ccc(CN2CCCC(c3nnc4n3CCCCC4)C2)cc1F. The molecule has 2 aromatic rings. The second kappa shape index (κ2) is 7.74. The van der Waals surface area contributed by atoms with Gasteiger partial charge in [-0.05, 0) is 49.9 Å². The molecule has 0 bridgehead atoms. The van der Waals surface area contributed by atoms with Crippen LogP contribution in [-0.2, 0) is 19.5 Å². The van der Waals surface area contributed by atoms with E-state index >= 15 is 0 Å². The number of hydrogen-bond acceptors (Lipinski definition) is 4. The molecule has 1 saturated heterocycles. The molecule has 4 rings (SSSR count). The van der Waals surface area contributed by atoms with Crippen LogP contribution in [0.25, 0.3) is 0 Å². The molecule has 0 amide bonds. The number of rotatable bonds is 4. The van der Waals surface area contributed by atoms with Crippen LogP contribution in [0.15, 0.2) is 18.2 Å². The minimum atomic E-state index is -0.290. The average Bonchev–Trinajstić information content (AvgIpc) is 2.91. The first-order chi connectivity index (χ1) is 12.7. The Morgan fingerprint density at radius 2 is 2.08 bits per heavy atom. The van der Waals surface area contributed by atoms with Crippen molar-refractivity contribution in [1.29, 1.82) is 0 Å². The van der Waals surface area contributed by atoms with Crippen molar-refractivity contribution in [1.82, 2.24) is 19.7 Å². The van der Waals surface area contributed by atoms with Crippen LogP contribution in [0.5, 0.6) is 5.75 Å². The number of piperidine rings is 1. The smallest absolute Gasteiger partial charge is 0.165 e. The lowest BCUT2D eigenvalue weighted by Gasteiger charge is -2.32. The maximum absolute atomic E-state index is 14.0. The van der Waals surface area contributed by atoms with Crippen LogP contribution in [0.4, 0.5) is 4.39 Å². The lowest BCUT2D eigenvalue weighted by Crippen LogP contribution is -2.35. The summed E-state index contributed by atoms with van der Waals surface area (Å²) in [5, 5.41) is 9.01. The minimum Gasteiger partial charge on any atom is -0.494 e. The van der Waals surface area contributed by atoms with E-state index in [-0.39, 0.29) is 5.82 Å². The second-order valence-corrected chi connectivity index (χ2v) is 7.48. The molecule has 5 nitrogen and oxygen atoms in total. The largest absolute Gasteiger partial charge is 0.494 e. The Morgan fingerprint density at radius 1 is 1.15 bits per heavy atom. The Bertz CT molecular complexity index is 760. The van der Waals surface area contributed by atoms with Gasteiger partial charge in [0.1, 0.15) is 11.6 Å². The van der Waals surface area contributed by atoms with Gasteiger partial charge < -0.3 is 9.30 Å². The van der Waals surface area contributed by atoms with Crippen LogP contribution in [0, 0.1) is 5.82 Å². The van der Waals surface area contributed by atoms with Gasteiger partial charge >= 0.3 is 0 Å². The maximum atomic E-state index is 14.0. The Morgan fingerprint density at radius 3 is 2.92 bits per heavy atom. The molecular weight excluding hydrogens is 331 g/mol. The predicted molar refractivity (Wildman–Crippen MR) is 97.8 cm³/mol. The van der Waals surface area contributed by atoms with E-state index < -0.39 is 0 Å². The zero-order valence-corrected chi connectivity index (χ0v) is 15.5. The minimum absolute atomic E-state index is 0.290. The summed E-state index contributed by atoms with van der Waals surface area (Å²) in [6.07, 6.45) is 7.08. The number of aryl methyl sites for hydroxylation is 1. The lowest BCUT2D eigenvalue weighted by molar-refractivity contribution is 0.194. The van der Waals surface area contributed by atoms with Crippen LogP contribution in [-0.4, -0.2) is 39.9 Å². The molecule has 0 aliphatic carbocycles. The zero-order valence-electron chi connectivity index (χ0n) is 15.5. The maximum Gasteiger partial charge on any atom is 0.165 e. The molecule has 1 atom stereocenters. The molecule has 1 fully saturated rings. The number of fused-ring (bicyclic) bond motifs is 1. The summed E-state index contributed by atoms with van der Waals surface area (Å²) in [6, 6.07) is 5.25. The molecule has 0 radical (unpaired) electrons. The molecule has 1 aromatic heterocycles. The molecule has 1 aromatic carbocycles. The molecule has 140 valence electrons. The Hall–Kier alpha value is -1.95. The highest BCUT2D eigenvalue weighted by atomic mass is 19.1.